The summed E-state index contributed by atoms with van der Waals surface area (Å²) in [6.45, 7) is 4.16. The first-order valence-electron chi connectivity index (χ1n) is 9.15. The van der Waals surface area contributed by atoms with Crippen LogP contribution >= 0.6 is 0 Å². The van der Waals surface area contributed by atoms with Crippen LogP contribution in [0.1, 0.15) is 45.4 Å². The maximum atomic E-state index is 12.1. The van der Waals surface area contributed by atoms with Gasteiger partial charge in [0, 0.05) is 31.5 Å². The van der Waals surface area contributed by atoms with Crippen LogP contribution in [0.4, 0.5) is 5.95 Å². The molecule has 1 saturated heterocycles. The van der Waals surface area contributed by atoms with E-state index in [-0.39, 0.29) is 24.7 Å². The number of hydrogen-bond acceptors (Lipinski definition) is 5. The fourth-order valence-electron chi connectivity index (χ4n) is 3.66. The van der Waals surface area contributed by atoms with Crippen LogP contribution in [0.3, 0.4) is 0 Å². The van der Waals surface area contributed by atoms with E-state index < -0.39 is 0 Å². The van der Waals surface area contributed by atoms with Crippen molar-refractivity contribution in [3.05, 3.63) is 18.5 Å². The molecule has 3 rings (SSSR count). The van der Waals surface area contributed by atoms with Gasteiger partial charge in [-0.1, -0.05) is 19.8 Å². The molecular formula is C18H28N4O2. The summed E-state index contributed by atoms with van der Waals surface area (Å²) < 4.78 is 5.85. The highest BCUT2D eigenvalue weighted by atomic mass is 16.5. The van der Waals surface area contributed by atoms with Crippen molar-refractivity contribution in [2.75, 3.05) is 24.6 Å². The van der Waals surface area contributed by atoms with E-state index in [0.717, 1.165) is 38.3 Å². The lowest BCUT2D eigenvalue weighted by Crippen LogP contribution is -2.46. The van der Waals surface area contributed by atoms with Crippen molar-refractivity contribution in [3.63, 3.8) is 0 Å². The van der Waals surface area contributed by atoms with E-state index >= 15 is 0 Å². The van der Waals surface area contributed by atoms with Gasteiger partial charge in [0.25, 0.3) is 0 Å². The van der Waals surface area contributed by atoms with Crippen LogP contribution in [-0.2, 0) is 9.53 Å². The highest BCUT2D eigenvalue weighted by Gasteiger charge is 2.25. The largest absolute Gasteiger partial charge is 0.368 e. The van der Waals surface area contributed by atoms with Crippen molar-refractivity contribution in [3.8, 4) is 0 Å². The normalized spacial score (nSPS) is 25.5. The van der Waals surface area contributed by atoms with Crippen LogP contribution < -0.4 is 10.2 Å². The maximum Gasteiger partial charge on any atom is 0.246 e. The summed E-state index contributed by atoms with van der Waals surface area (Å²) in [7, 11) is 0. The Balaban J connectivity index is 1.37. The van der Waals surface area contributed by atoms with Gasteiger partial charge < -0.3 is 15.0 Å². The Labute approximate surface area is 144 Å². The zero-order valence-electron chi connectivity index (χ0n) is 14.5. The molecule has 24 heavy (non-hydrogen) atoms. The van der Waals surface area contributed by atoms with Gasteiger partial charge in [0.2, 0.25) is 11.9 Å². The molecule has 2 atom stereocenters. The van der Waals surface area contributed by atoms with Crippen molar-refractivity contribution in [2.24, 2.45) is 5.92 Å². The Morgan fingerprint density at radius 3 is 2.62 bits per heavy atom. The third-order valence-corrected chi connectivity index (χ3v) is 5.16. The number of carbonyl (C=O) groups excluding carboxylic acids is 1. The molecule has 1 amide bonds. The maximum absolute atomic E-state index is 12.1. The first-order chi connectivity index (χ1) is 11.7. The Hall–Kier alpha value is -1.69. The van der Waals surface area contributed by atoms with Crippen LogP contribution in [0.5, 0.6) is 0 Å². The van der Waals surface area contributed by atoms with E-state index in [1.54, 1.807) is 12.4 Å². The fraction of sp³-hybridized carbons (Fsp3) is 0.722. The Morgan fingerprint density at radius 2 is 1.92 bits per heavy atom. The Kier molecular flexibility index (Phi) is 6.01. The van der Waals surface area contributed by atoms with Gasteiger partial charge in [0.05, 0.1) is 6.10 Å². The van der Waals surface area contributed by atoms with Gasteiger partial charge in [-0.2, -0.15) is 0 Å². The average Bonchev–Trinajstić information content (AvgIpc) is 2.62. The molecule has 0 unspecified atom stereocenters. The number of aromatic nitrogens is 2. The van der Waals surface area contributed by atoms with Crippen molar-refractivity contribution < 1.29 is 9.53 Å². The molecule has 1 aromatic heterocycles. The minimum atomic E-state index is 0.0159. The van der Waals surface area contributed by atoms with Crippen molar-refractivity contribution in [1.82, 2.24) is 15.3 Å². The summed E-state index contributed by atoms with van der Waals surface area (Å²) in [6.07, 6.45) is 10.4. The first-order valence-corrected chi connectivity index (χ1v) is 9.15. The minimum Gasteiger partial charge on any atom is -0.368 e. The standard InChI is InChI=1S/C18H28N4O2/c1-14-5-2-3-6-16(14)24-13-17(23)21-15-7-11-22(12-8-15)18-19-9-4-10-20-18/h4,9-10,14-16H,2-3,5-8,11-13H2,1H3,(H,21,23)/t14-,16-/m0/s1. The van der Waals surface area contributed by atoms with E-state index in [2.05, 4.69) is 27.1 Å². The lowest BCUT2D eigenvalue weighted by molar-refractivity contribution is -0.130. The van der Waals surface area contributed by atoms with Crippen LogP contribution in [0.15, 0.2) is 18.5 Å². The van der Waals surface area contributed by atoms with E-state index in [9.17, 15) is 4.79 Å². The molecular weight excluding hydrogens is 304 g/mol. The van der Waals surface area contributed by atoms with Gasteiger partial charge in [-0.25, -0.2) is 9.97 Å². The van der Waals surface area contributed by atoms with Crippen molar-refractivity contribution in [2.45, 2.75) is 57.6 Å². The van der Waals surface area contributed by atoms with E-state index in [4.69, 9.17) is 4.74 Å². The number of piperidine rings is 1. The SMILES string of the molecule is C[C@H]1CCCC[C@@H]1OCC(=O)NC1CCN(c2ncccn2)CC1. The van der Waals surface area contributed by atoms with Crippen molar-refractivity contribution in [1.29, 1.82) is 0 Å². The lowest BCUT2D eigenvalue weighted by atomic mass is 9.88. The molecule has 132 valence electrons. The van der Waals surface area contributed by atoms with Crippen LogP contribution in [0.2, 0.25) is 0 Å². The molecule has 0 radical (unpaired) electrons. The molecule has 6 nitrogen and oxygen atoms in total. The number of ether oxygens (including phenoxy) is 1. The summed E-state index contributed by atoms with van der Waals surface area (Å²) in [5.41, 5.74) is 0. The molecule has 2 fully saturated rings. The molecule has 6 heteroatoms. The molecule has 2 heterocycles. The van der Waals surface area contributed by atoms with Crippen LogP contribution in [0, 0.1) is 5.92 Å². The van der Waals surface area contributed by atoms with E-state index in [1.807, 2.05) is 6.07 Å². The second kappa shape index (κ2) is 8.42. The third-order valence-electron chi connectivity index (χ3n) is 5.16. The average molecular weight is 332 g/mol. The second-order valence-corrected chi connectivity index (χ2v) is 6.99. The fourth-order valence-corrected chi connectivity index (χ4v) is 3.66. The summed E-state index contributed by atoms with van der Waals surface area (Å²) in [5, 5.41) is 3.11. The Bertz CT molecular complexity index is 517. The molecule has 0 spiro atoms. The molecule has 1 aliphatic carbocycles. The van der Waals surface area contributed by atoms with E-state index in [0.29, 0.717) is 5.92 Å². The molecule has 2 aliphatic rings. The Morgan fingerprint density at radius 1 is 1.21 bits per heavy atom. The summed E-state index contributed by atoms with van der Waals surface area (Å²) in [5.74, 6) is 1.36. The number of hydrogen-bond donors (Lipinski definition) is 1. The number of rotatable bonds is 5. The number of nitrogens with one attached hydrogen (secondary N) is 1. The number of anilines is 1. The topological polar surface area (TPSA) is 67.3 Å². The zero-order chi connectivity index (χ0) is 16.8. The molecule has 1 aliphatic heterocycles. The zero-order valence-corrected chi connectivity index (χ0v) is 14.5. The molecule has 0 bridgehead atoms. The van der Waals surface area contributed by atoms with Crippen LogP contribution in [-0.4, -0.2) is 47.7 Å². The third kappa shape index (κ3) is 4.66. The number of nitrogens with zero attached hydrogens (tertiary/aromatic N) is 3. The summed E-state index contributed by atoms with van der Waals surface area (Å²) >= 11 is 0. The number of carbonyl (C=O) groups is 1. The van der Waals surface area contributed by atoms with Crippen LogP contribution in [0.25, 0.3) is 0 Å². The summed E-state index contributed by atoms with van der Waals surface area (Å²) in [6, 6.07) is 2.05. The second-order valence-electron chi connectivity index (χ2n) is 6.99. The highest BCUT2D eigenvalue weighted by Crippen LogP contribution is 2.26. The predicted octanol–water partition coefficient (Wildman–Crippen LogP) is 2.16. The molecule has 1 saturated carbocycles. The number of amides is 1. The first kappa shape index (κ1) is 17.1. The van der Waals surface area contributed by atoms with Gasteiger partial charge in [-0.15, -0.1) is 0 Å². The van der Waals surface area contributed by atoms with Gasteiger partial charge in [0.1, 0.15) is 6.61 Å². The molecule has 1 aromatic rings. The van der Waals surface area contributed by atoms with E-state index in [1.165, 1.54) is 19.3 Å². The molecule has 1 N–H and O–H groups in total. The van der Waals surface area contributed by atoms with Gasteiger partial charge >= 0.3 is 0 Å². The van der Waals surface area contributed by atoms with Gasteiger partial charge in [-0.3, -0.25) is 4.79 Å². The predicted molar refractivity (Wildman–Crippen MR) is 92.8 cm³/mol. The minimum absolute atomic E-state index is 0.0159. The van der Waals surface area contributed by atoms with Gasteiger partial charge in [-0.05, 0) is 37.7 Å². The monoisotopic (exact) mass is 332 g/mol. The quantitative estimate of drug-likeness (QED) is 0.895. The highest BCUT2D eigenvalue weighted by molar-refractivity contribution is 5.77. The van der Waals surface area contributed by atoms with Crippen molar-refractivity contribution >= 4 is 11.9 Å². The molecule has 0 aromatic carbocycles. The smallest absolute Gasteiger partial charge is 0.246 e. The van der Waals surface area contributed by atoms with Gasteiger partial charge in [0.15, 0.2) is 0 Å². The summed E-state index contributed by atoms with van der Waals surface area (Å²) in [4.78, 5) is 22.9. The lowest BCUT2D eigenvalue weighted by Gasteiger charge is -2.32.